The van der Waals surface area contributed by atoms with E-state index in [2.05, 4.69) is 10.2 Å². The lowest BCUT2D eigenvalue weighted by molar-refractivity contribution is 0.0970. The fourth-order valence-electron chi connectivity index (χ4n) is 3.70. The quantitative estimate of drug-likeness (QED) is 0.430. The van der Waals surface area contributed by atoms with Gasteiger partial charge in [-0.25, -0.2) is 0 Å². The molecule has 0 radical (unpaired) electrons. The monoisotopic (exact) mass is 453 g/mol. The fraction of sp³-hybridized carbons (Fsp3) is 0.182. The fourth-order valence-corrected chi connectivity index (χ4v) is 4.45. The second-order valence-electron chi connectivity index (χ2n) is 7.03. The number of hydrogen-bond acceptors (Lipinski definition) is 7. The van der Waals surface area contributed by atoms with Crippen LogP contribution >= 0.6 is 22.9 Å². The van der Waals surface area contributed by atoms with Gasteiger partial charge in [0, 0.05) is 5.02 Å². The van der Waals surface area contributed by atoms with Crippen LogP contribution in [0.4, 0.5) is 5.13 Å². The molecule has 0 saturated carbocycles. The third-order valence-electron chi connectivity index (χ3n) is 5.06. The maximum atomic E-state index is 13.5. The Bertz CT molecular complexity index is 1340. The zero-order valence-electron chi connectivity index (χ0n) is 16.4. The number of nitrogens with zero attached hydrogens (tertiary/aromatic N) is 3. The van der Waals surface area contributed by atoms with E-state index in [4.69, 9.17) is 20.8 Å². The van der Waals surface area contributed by atoms with Gasteiger partial charge in [-0.1, -0.05) is 42.0 Å². The Morgan fingerprint density at radius 2 is 2.00 bits per heavy atom. The van der Waals surface area contributed by atoms with Crippen molar-refractivity contribution in [3.8, 4) is 5.75 Å². The predicted molar refractivity (Wildman–Crippen MR) is 118 cm³/mol. The summed E-state index contributed by atoms with van der Waals surface area (Å²) in [4.78, 5) is 28.3. The molecule has 2 aromatic heterocycles. The summed E-state index contributed by atoms with van der Waals surface area (Å²) in [5.41, 5.74) is 2.55. The Morgan fingerprint density at radius 1 is 1.19 bits per heavy atom. The highest BCUT2D eigenvalue weighted by atomic mass is 35.5. The van der Waals surface area contributed by atoms with Gasteiger partial charge >= 0.3 is 0 Å². The minimum Gasteiger partial charge on any atom is -0.494 e. The Hall–Kier alpha value is -3.23. The third kappa shape index (κ3) is 3.28. The number of amides is 1. The Labute approximate surface area is 185 Å². The van der Waals surface area contributed by atoms with Gasteiger partial charge in [-0.15, -0.1) is 10.2 Å². The van der Waals surface area contributed by atoms with Crippen LogP contribution in [0.2, 0.25) is 5.02 Å². The van der Waals surface area contributed by atoms with Gasteiger partial charge in [-0.05, 0) is 42.3 Å². The van der Waals surface area contributed by atoms with Gasteiger partial charge in [0.2, 0.25) is 10.9 Å². The van der Waals surface area contributed by atoms with E-state index in [0.29, 0.717) is 27.7 Å². The Balaban J connectivity index is 1.71. The van der Waals surface area contributed by atoms with Crippen molar-refractivity contribution in [2.75, 3.05) is 11.5 Å². The highest BCUT2D eigenvalue weighted by molar-refractivity contribution is 7.13. The molecule has 5 rings (SSSR count). The molecule has 1 unspecified atom stereocenters. The molecule has 1 aliphatic heterocycles. The van der Waals surface area contributed by atoms with E-state index in [9.17, 15) is 9.59 Å². The van der Waals surface area contributed by atoms with E-state index in [1.165, 1.54) is 21.7 Å². The average molecular weight is 454 g/mol. The molecule has 0 N–H and O–H groups in total. The number of benzene rings is 2. The van der Waals surface area contributed by atoms with Crippen LogP contribution in [-0.2, 0) is 0 Å². The SMILES string of the molecule is CCCOc1ccc(C2c3c(oc4ccc(Cl)cc4c3=O)C(=O)N2c2nncs2)cc1. The molecule has 0 saturated heterocycles. The summed E-state index contributed by atoms with van der Waals surface area (Å²) in [6, 6.07) is 11.4. The summed E-state index contributed by atoms with van der Waals surface area (Å²) in [6.45, 7) is 2.64. The van der Waals surface area contributed by atoms with E-state index in [-0.39, 0.29) is 16.8 Å². The highest BCUT2D eigenvalue weighted by Gasteiger charge is 2.45. The molecule has 0 aliphatic carbocycles. The lowest BCUT2D eigenvalue weighted by atomic mass is 9.98. The third-order valence-corrected chi connectivity index (χ3v) is 5.98. The predicted octanol–water partition coefficient (Wildman–Crippen LogP) is 4.84. The number of carbonyl (C=O) groups excluding carboxylic acids is 1. The van der Waals surface area contributed by atoms with E-state index < -0.39 is 11.9 Å². The molecule has 1 amide bonds. The number of ether oxygens (including phenoxy) is 1. The van der Waals surface area contributed by atoms with Crippen molar-refractivity contribution in [2.24, 2.45) is 0 Å². The largest absolute Gasteiger partial charge is 0.494 e. The summed E-state index contributed by atoms with van der Waals surface area (Å²) in [7, 11) is 0. The van der Waals surface area contributed by atoms with E-state index in [0.717, 1.165) is 17.7 Å². The molecule has 156 valence electrons. The van der Waals surface area contributed by atoms with Crippen LogP contribution in [0, 0.1) is 0 Å². The molecule has 7 nitrogen and oxygen atoms in total. The molecule has 1 atom stereocenters. The van der Waals surface area contributed by atoms with Crippen molar-refractivity contribution in [3.63, 3.8) is 0 Å². The number of anilines is 1. The molecule has 3 heterocycles. The number of aromatic nitrogens is 2. The number of hydrogen-bond donors (Lipinski definition) is 0. The number of halogens is 1. The van der Waals surface area contributed by atoms with Crippen LogP contribution in [-0.4, -0.2) is 22.7 Å². The van der Waals surface area contributed by atoms with Crippen LogP contribution in [0.3, 0.4) is 0 Å². The zero-order chi connectivity index (χ0) is 21.5. The lowest BCUT2D eigenvalue weighted by Crippen LogP contribution is -2.29. The molecule has 4 aromatic rings. The number of fused-ring (bicyclic) bond motifs is 2. The second kappa shape index (κ2) is 7.79. The lowest BCUT2D eigenvalue weighted by Gasteiger charge is -2.22. The van der Waals surface area contributed by atoms with Crippen LogP contribution in [0.1, 0.15) is 41.1 Å². The van der Waals surface area contributed by atoms with Gasteiger partial charge in [0.1, 0.15) is 16.8 Å². The topological polar surface area (TPSA) is 85.5 Å². The summed E-state index contributed by atoms with van der Waals surface area (Å²) >= 11 is 7.32. The van der Waals surface area contributed by atoms with E-state index in [1.54, 1.807) is 18.2 Å². The molecule has 31 heavy (non-hydrogen) atoms. The van der Waals surface area contributed by atoms with Crippen LogP contribution < -0.4 is 15.1 Å². The second-order valence-corrected chi connectivity index (χ2v) is 8.28. The van der Waals surface area contributed by atoms with E-state index >= 15 is 0 Å². The van der Waals surface area contributed by atoms with Gasteiger partial charge in [0.15, 0.2) is 5.43 Å². The van der Waals surface area contributed by atoms with Crippen molar-refractivity contribution in [3.05, 3.63) is 80.1 Å². The summed E-state index contributed by atoms with van der Waals surface area (Å²) in [5.74, 6) is 0.290. The Kier molecular flexibility index (Phi) is 4.95. The minimum atomic E-state index is -0.699. The van der Waals surface area contributed by atoms with Gasteiger partial charge in [-0.3, -0.25) is 14.5 Å². The molecule has 0 fully saturated rings. The Morgan fingerprint density at radius 3 is 2.71 bits per heavy atom. The van der Waals surface area contributed by atoms with Gasteiger partial charge in [0.05, 0.1) is 23.6 Å². The summed E-state index contributed by atoms with van der Waals surface area (Å²) in [5, 5.41) is 9.04. The van der Waals surface area contributed by atoms with Crippen LogP contribution in [0.5, 0.6) is 5.75 Å². The van der Waals surface area contributed by atoms with Gasteiger partial charge in [-0.2, -0.15) is 0 Å². The van der Waals surface area contributed by atoms with Crippen molar-refractivity contribution in [2.45, 2.75) is 19.4 Å². The van der Waals surface area contributed by atoms with Crippen molar-refractivity contribution in [1.82, 2.24) is 10.2 Å². The van der Waals surface area contributed by atoms with Crippen LogP contribution in [0.15, 0.2) is 57.2 Å². The first-order chi connectivity index (χ1) is 15.1. The normalized spacial score (nSPS) is 15.5. The number of carbonyl (C=O) groups is 1. The van der Waals surface area contributed by atoms with Gasteiger partial charge < -0.3 is 9.15 Å². The minimum absolute atomic E-state index is 0.00586. The first-order valence-electron chi connectivity index (χ1n) is 9.67. The molecule has 0 spiro atoms. The highest BCUT2D eigenvalue weighted by Crippen LogP contribution is 2.42. The maximum Gasteiger partial charge on any atom is 0.297 e. The standard InChI is InChI=1S/C22H16ClN3O4S/c1-2-9-29-14-6-3-12(4-7-14)18-17-19(27)15-10-13(23)5-8-16(15)30-20(17)21(28)26(18)22-25-24-11-31-22/h3-8,10-11,18H,2,9H2,1H3. The van der Waals surface area contributed by atoms with Crippen LogP contribution in [0.25, 0.3) is 11.0 Å². The summed E-state index contributed by atoms with van der Waals surface area (Å²) in [6.07, 6.45) is 0.897. The maximum absolute atomic E-state index is 13.5. The molecular weight excluding hydrogens is 438 g/mol. The first kappa shape index (κ1) is 19.7. The molecular formula is C22H16ClN3O4S. The van der Waals surface area contributed by atoms with Gasteiger partial charge in [0.25, 0.3) is 5.91 Å². The van der Waals surface area contributed by atoms with Crippen molar-refractivity contribution in [1.29, 1.82) is 0 Å². The molecule has 2 aromatic carbocycles. The smallest absolute Gasteiger partial charge is 0.297 e. The molecule has 9 heteroatoms. The first-order valence-corrected chi connectivity index (χ1v) is 10.9. The van der Waals surface area contributed by atoms with Crippen molar-refractivity contribution >= 4 is 44.9 Å². The summed E-state index contributed by atoms with van der Waals surface area (Å²) < 4.78 is 11.6. The zero-order valence-corrected chi connectivity index (χ0v) is 17.9. The molecule has 1 aliphatic rings. The van der Waals surface area contributed by atoms with E-state index in [1.807, 2.05) is 31.2 Å². The van der Waals surface area contributed by atoms with Crippen molar-refractivity contribution < 1.29 is 13.9 Å². The molecule has 0 bridgehead atoms. The average Bonchev–Trinajstić information content (AvgIpc) is 3.40. The number of rotatable bonds is 5.